The summed E-state index contributed by atoms with van der Waals surface area (Å²) in [6.07, 6.45) is 0. The van der Waals surface area contributed by atoms with Gasteiger partial charge in [0.05, 0.1) is 0 Å². The van der Waals surface area contributed by atoms with Crippen LogP contribution in [-0.4, -0.2) is 22.6 Å². The summed E-state index contributed by atoms with van der Waals surface area (Å²) in [5, 5.41) is 15.4. The maximum absolute atomic E-state index is 12.8. The molecule has 0 fully saturated rings. The van der Waals surface area contributed by atoms with Crippen LogP contribution in [0.1, 0.15) is 36.6 Å². The number of anilines is 1. The lowest BCUT2D eigenvalue weighted by molar-refractivity contribution is 0.0974. The minimum absolute atomic E-state index is 0.00835. The zero-order valence-electron chi connectivity index (χ0n) is 16.2. The van der Waals surface area contributed by atoms with Gasteiger partial charge in [0.1, 0.15) is 16.5 Å². The summed E-state index contributed by atoms with van der Waals surface area (Å²) in [6, 6.07) is 19.6. The predicted octanol–water partition coefficient (Wildman–Crippen LogP) is 4.26. The van der Waals surface area contributed by atoms with E-state index in [-0.39, 0.29) is 40.1 Å². The van der Waals surface area contributed by atoms with Gasteiger partial charge < -0.3 is 15.7 Å². The van der Waals surface area contributed by atoms with Gasteiger partial charge in [-0.05, 0) is 35.9 Å². The van der Waals surface area contributed by atoms with Crippen LogP contribution in [0.4, 0.5) is 5.69 Å². The van der Waals surface area contributed by atoms with Crippen molar-refractivity contribution in [1.29, 1.82) is 0 Å². The van der Waals surface area contributed by atoms with Gasteiger partial charge in [0.2, 0.25) is 11.6 Å². The van der Waals surface area contributed by atoms with E-state index in [1.807, 2.05) is 6.07 Å². The highest BCUT2D eigenvalue weighted by molar-refractivity contribution is 6.49. The summed E-state index contributed by atoms with van der Waals surface area (Å²) in [5.74, 6) is -1.16. The first-order valence-corrected chi connectivity index (χ1v) is 9.84. The summed E-state index contributed by atoms with van der Waals surface area (Å²) < 4.78 is 0. The van der Waals surface area contributed by atoms with Crippen LogP contribution in [-0.2, 0) is 6.54 Å². The lowest BCUT2D eigenvalue weighted by Crippen LogP contribution is -2.29. The third-order valence-corrected chi connectivity index (χ3v) is 5.25. The number of benzene rings is 3. The van der Waals surface area contributed by atoms with Crippen LogP contribution in [0.2, 0.25) is 0 Å². The van der Waals surface area contributed by atoms with Crippen molar-refractivity contribution < 1.29 is 19.5 Å². The fraction of sp³-hybridized carbons (Fsp3) is 0.0417. The van der Waals surface area contributed by atoms with Gasteiger partial charge in [-0.1, -0.05) is 54.1 Å². The molecule has 154 valence electrons. The van der Waals surface area contributed by atoms with Gasteiger partial charge in [-0.15, -0.1) is 0 Å². The summed E-state index contributed by atoms with van der Waals surface area (Å²) in [5.41, 5.74) is 1.95. The van der Waals surface area contributed by atoms with Crippen LogP contribution in [0.5, 0.6) is 5.75 Å². The number of carbonyl (C=O) groups is 3. The van der Waals surface area contributed by atoms with E-state index in [0.29, 0.717) is 16.8 Å². The molecule has 6 nitrogen and oxygen atoms in total. The number of phenols is 1. The number of amides is 1. The molecule has 7 heteroatoms. The molecule has 31 heavy (non-hydrogen) atoms. The number of phenolic OH excluding ortho intramolecular Hbond substituents is 1. The van der Waals surface area contributed by atoms with E-state index < -0.39 is 11.6 Å². The number of halogens is 1. The second kappa shape index (κ2) is 8.45. The fourth-order valence-electron chi connectivity index (χ4n) is 3.32. The molecule has 0 aromatic heterocycles. The molecule has 3 aromatic rings. The Morgan fingerprint density at radius 2 is 1.52 bits per heavy atom. The molecule has 4 rings (SSSR count). The molecule has 3 N–H and O–H groups in total. The van der Waals surface area contributed by atoms with Crippen LogP contribution in [0, 0.1) is 0 Å². The van der Waals surface area contributed by atoms with Crippen molar-refractivity contribution in [2.75, 3.05) is 5.32 Å². The molecular formula is C24H17ClN2O4. The average molecular weight is 433 g/mol. The standard InChI is InChI=1S/C24H17ClN2O4/c25-20-21(23(30)18-9-5-4-8-17(18)22(20)29)26-13-15-12-16(28)10-11-19(15)27-24(31)14-6-2-1-3-7-14/h1-12,26,28H,13H2,(H,27,31). The molecule has 0 heterocycles. The largest absolute Gasteiger partial charge is 0.508 e. The third-order valence-electron chi connectivity index (χ3n) is 4.89. The van der Waals surface area contributed by atoms with E-state index >= 15 is 0 Å². The molecular weight excluding hydrogens is 416 g/mol. The zero-order valence-corrected chi connectivity index (χ0v) is 16.9. The Bertz CT molecular complexity index is 1240. The number of nitrogens with one attached hydrogen (secondary N) is 2. The molecule has 0 atom stereocenters. The van der Waals surface area contributed by atoms with Gasteiger partial charge in [0.25, 0.3) is 5.91 Å². The van der Waals surface area contributed by atoms with Crippen molar-refractivity contribution in [3.63, 3.8) is 0 Å². The highest BCUT2D eigenvalue weighted by Crippen LogP contribution is 2.28. The highest BCUT2D eigenvalue weighted by atomic mass is 35.5. The lowest BCUT2D eigenvalue weighted by atomic mass is 9.92. The Kier molecular flexibility index (Phi) is 5.56. The number of carbonyl (C=O) groups excluding carboxylic acids is 3. The van der Waals surface area contributed by atoms with E-state index in [1.54, 1.807) is 54.6 Å². The van der Waals surface area contributed by atoms with Gasteiger partial charge >= 0.3 is 0 Å². The maximum atomic E-state index is 12.8. The summed E-state index contributed by atoms with van der Waals surface area (Å²) in [4.78, 5) is 37.9. The van der Waals surface area contributed by atoms with Crippen molar-refractivity contribution >= 4 is 34.8 Å². The van der Waals surface area contributed by atoms with E-state index in [4.69, 9.17) is 11.6 Å². The second-order valence-electron chi connectivity index (χ2n) is 6.91. The summed E-state index contributed by atoms with van der Waals surface area (Å²) in [7, 11) is 0. The number of hydrogen-bond acceptors (Lipinski definition) is 5. The number of rotatable bonds is 5. The lowest BCUT2D eigenvalue weighted by Gasteiger charge is -2.20. The van der Waals surface area contributed by atoms with Gasteiger partial charge in [-0.25, -0.2) is 0 Å². The zero-order chi connectivity index (χ0) is 22.0. The molecule has 0 saturated heterocycles. The quantitative estimate of drug-likeness (QED) is 0.523. The molecule has 1 aliphatic rings. The molecule has 3 aromatic carbocycles. The number of fused-ring (bicyclic) bond motifs is 1. The van der Waals surface area contributed by atoms with Crippen molar-refractivity contribution in [1.82, 2.24) is 5.32 Å². The topological polar surface area (TPSA) is 95.5 Å². The Balaban J connectivity index is 1.58. The smallest absolute Gasteiger partial charge is 0.255 e. The third kappa shape index (κ3) is 4.06. The number of ketones is 2. The molecule has 0 unspecified atom stereocenters. The van der Waals surface area contributed by atoms with Crippen LogP contribution in [0.25, 0.3) is 0 Å². The summed E-state index contributed by atoms with van der Waals surface area (Å²) >= 11 is 6.19. The first-order valence-electron chi connectivity index (χ1n) is 9.46. The number of Topliss-reactive ketones (excluding diaryl/α,β-unsaturated/α-hetero) is 2. The van der Waals surface area contributed by atoms with Gasteiger partial charge in [-0.2, -0.15) is 0 Å². The molecule has 0 bridgehead atoms. The number of hydrogen-bond donors (Lipinski definition) is 3. The van der Waals surface area contributed by atoms with Crippen LogP contribution >= 0.6 is 11.6 Å². The van der Waals surface area contributed by atoms with Crippen molar-refractivity contribution in [3.05, 3.63) is 106 Å². The first kappa shape index (κ1) is 20.4. The molecule has 0 saturated carbocycles. The minimum atomic E-state index is -0.437. The van der Waals surface area contributed by atoms with Gasteiger partial charge in [-0.3, -0.25) is 14.4 Å². The van der Waals surface area contributed by atoms with Crippen molar-refractivity contribution in [2.45, 2.75) is 6.54 Å². The van der Waals surface area contributed by atoms with Crippen LogP contribution in [0.3, 0.4) is 0 Å². The summed E-state index contributed by atoms with van der Waals surface area (Å²) in [6.45, 7) is 0.0472. The molecule has 0 spiro atoms. The number of aromatic hydroxyl groups is 1. The second-order valence-corrected chi connectivity index (χ2v) is 7.29. The van der Waals surface area contributed by atoms with Crippen LogP contribution in [0.15, 0.2) is 83.5 Å². The maximum Gasteiger partial charge on any atom is 0.255 e. The monoisotopic (exact) mass is 432 g/mol. The molecule has 1 amide bonds. The van der Waals surface area contributed by atoms with E-state index in [1.165, 1.54) is 12.1 Å². The average Bonchev–Trinajstić information content (AvgIpc) is 2.79. The molecule has 1 aliphatic carbocycles. The van der Waals surface area contributed by atoms with Crippen molar-refractivity contribution in [2.24, 2.45) is 0 Å². The minimum Gasteiger partial charge on any atom is -0.508 e. The van der Waals surface area contributed by atoms with Crippen molar-refractivity contribution in [3.8, 4) is 5.75 Å². The van der Waals surface area contributed by atoms with E-state index in [9.17, 15) is 19.5 Å². The first-order chi connectivity index (χ1) is 15.0. The Morgan fingerprint density at radius 3 is 2.23 bits per heavy atom. The normalized spacial score (nSPS) is 13.1. The predicted molar refractivity (Wildman–Crippen MR) is 117 cm³/mol. The van der Waals surface area contributed by atoms with Gasteiger partial charge in [0, 0.05) is 28.9 Å². The SMILES string of the molecule is O=C(Nc1ccc(O)cc1CNC1=C(Cl)C(=O)c2ccccc2C1=O)c1ccccc1. The van der Waals surface area contributed by atoms with E-state index in [0.717, 1.165) is 0 Å². The number of allylic oxidation sites excluding steroid dienone is 2. The molecule has 0 radical (unpaired) electrons. The fourth-order valence-corrected chi connectivity index (χ4v) is 3.57. The van der Waals surface area contributed by atoms with Gasteiger partial charge in [0.15, 0.2) is 0 Å². The Morgan fingerprint density at radius 1 is 0.871 bits per heavy atom. The highest BCUT2D eigenvalue weighted by Gasteiger charge is 2.31. The van der Waals surface area contributed by atoms with Crippen LogP contribution < -0.4 is 10.6 Å². The Hall–Kier alpha value is -3.90. The van der Waals surface area contributed by atoms with E-state index in [2.05, 4.69) is 10.6 Å². The molecule has 0 aliphatic heterocycles. The Labute approximate surface area is 183 Å².